The molecule has 0 unspecified atom stereocenters. The first-order chi connectivity index (χ1) is 7.11. The third-order valence-electron chi connectivity index (χ3n) is 2.07. The zero-order valence-corrected chi connectivity index (χ0v) is 9.79. The van der Waals surface area contributed by atoms with Gasteiger partial charge in [0.2, 0.25) is 0 Å². The van der Waals surface area contributed by atoms with Gasteiger partial charge in [-0.25, -0.2) is 14.4 Å². The monoisotopic (exact) mass is 242 g/mol. The Kier molecular flexibility index (Phi) is 2.80. The van der Waals surface area contributed by atoms with Crippen molar-refractivity contribution in [2.24, 2.45) is 0 Å². The fraction of sp³-hybridized carbons (Fsp3) is 0.200. The lowest BCUT2D eigenvalue weighted by molar-refractivity contribution is 0.628. The summed E-state index contributed by atoms with van der Waals surface area (Å²) in [7, 11) is 0. The smallest absolute Gasteiger partial charge is 0.189 e. The van der Waals surface area contributed by atoms with E-state index in [2.05, 4.69) is 9.97 Å². The summed E-state index contributed by atoms with van der Waals surface area (Å²) in [5.41, 5.74) is 1.48. The molecule has 0 spiro atoms. The van der Waals surface area contributed by atoms with Gasteiger partial charge in [0.05, 0.1) is 5.52 Å². The summed E-state index contributed by atoms with van der Waals surface area (Å²) in [4.78, 5) is 8.35. The number of rotatable bonds is 1. The molecular weight excluding hydrogens is 235 g/mol. The lowest BCUT2D eigenvalue weighted by Crippen LogP contribution is -1.92. The Hall–Kier alpha value is -0.870. The Labute approximate surface area is 95.9 Å². The van der Waals surface area contributed by atoms with Crippen LogP contribution in [0.15, 0.2) is 17.3 Å². The van der Waals surface area contributed by atoms with Gasteiger partial charge in [-0.05, 0) is 30.9 Å². The minimum atomic E-state index is -0.317. The van der Waals surface area contributed by atoms with Crippen LogP contribution in [0.5, 0.6) is 0 Å². The van der Waals surface area contributed by atoms with Crippen LogP contribution in [-0.2, 0) is 0 Å². The van der Waals surface area contributed by atoms with Crippen LogP contribution >= 0.6 is 23.4 Å². The maximum absolute atomic E-state index is 13.1. The Balaban J connectivity index is 2.85. The summed E-state index contributed by atoms with van der Waals surface area (Å²) < 4.78 is 13.1. The summed E-state index contributed by atoms with van der Waals surface area (Å²) in [5, 5.41) is 1.46. The highest BCUT2D eigenvalue weighted by Crippen LogP contribution is 2.26. The van der Waals surface area contributed by atoms with Crippen LogP contribution in [0.4, 0.5) is 4.39 Å². The van der Waals surface area contributed by atoms with Crippen LogP contribution in [0, 0.1) is 12.7 Å². The van der Waals surface area contributed by atoms with Gasteiger partial charge in [0, 0.05) is 5.39 Å². The van der Waals surface area contributed by atoms with Crippen molar-refractivity contribution in [3.05, 3.63) is 28.7 Å². The van der Waals surface area contributed by atoms with Gasteiger partial charge in [0.15, 0.2) is 5.16 Å². The summed E-state index contributed by atoms with van der Waals surface area (Å²) in [6, 6.07) is 2.80. The SMILES string of the molecule is CSc1nc(Cl)c2cc(F)cc(C)c2n1. The predicted octanol–water partition coefficient (Wildman–Crippen LogP) is 3.45. The highest BCUT2D eigenvalue weighted by Gasteiger charge is 2.09. The number of fused-ring (bicyclic) bond motifs is 1. The lowest BCUT2D eigenvalue weighted by atomic mass is 10.1. The minimum absolute atomic E-state index is 0.298. The molecule has 1 heterocycles. The average molecular weight is 243 g/mol. The summed E-state index contributed by atoms with van der Waals surface area (Å²) >= 11 is 7.36. The van der Waals surface area contributed by atoms with Gasteiger partial charge in [-0.3, -0.25) is 0 Å². The van der Waals surface area contributed by atoms with Crippen molar-refractivity contribution in [3.8, 4) is 0 Å². The molecule has 0 fully saturated rings. The molecule has 1 aromatic carbocycles. The van der Waals surface area contributed by atoms with Crippen molar-refractivity contribution >= 4 is 34.3 Å². The molecule has 15 heavy (non-hydrogen) atoms. The van der Waals surface area contributed by atoms with Crippen LogP contribution in [0.2, 0.25) is 5.15 Å². The van der Waals surface area contributed by atoms with E-state index in [9.17, 15) is 4.39 Å². The van der Waals surface area contributed by atoms with E-state index in [0.29, 0.717) is 21.2 Å². The summed E-state index contributed by atoms with van der Waals surface area (Å²) in [6.07, 6.45) is 1.87. The second-order valence-corrected chi connectivity index (χ2v) is 4.25. The molecule has 0 bridgehead atoms. The molecular formula is C10H8ClFN2S. The number of benzene rings is 1. The highest BCUT2D eigenvalue weighted by molar-refractivity contribution is 7.98. The van der Waals surface area contributed by atoms with E-state index in [-0.39, 0.29) is 5.82 Å². The fourth-order valence-electron chi connectivity index (χ4n) is 1.40. The molecule has 0 saturated carbocycles. The van der Waals surface area contributed by atoms with Gasteiger partial charge in [0.25, 0.3) is 0 Å². The molecule has 2 nitrogen and oxygen atoms in total. The van der Waals surface area contributed by atoms with Gasteiger partial charge in [0.1, 0.15) is 11.0 Å². The molecule has 0 aliphatic rings. The Morgan fingerprint density at radius 2 is 2.07 bits per heavy atom. The first kappa shape index (κ1) is 10.6. The third-order valence-corrected chi connectivity index (χ3v) is 2.91. The van der Waals surface area contributed by atoms with Crippen molar-refractivity contribution in [2.75, 3.05) is 6.26 Å². The van der Waals surface area contributed by atoms with Gasteiger partial charge < -0.3 is 0 Å². The Bertz CT molecular complexity index is 530. The predicted molar refractivity (Wildman–Crippen MR) is 61.0 cm³/mol. The molecule has 0 N–H and O–H groups in total. The quantitative estimate of drug-likeness (QED) is 0.435. The average Bonchev–Trinajstić information content (AvgIpc) is 2.19. The number of nitrogens with zero attached hydrogens (tertiary/aromatic N) is 2. The Morgan fingerprint density at radius 3 is 2.73 bits per heavy atom. The summed E-state index contributed by atoms with van der Waals surface area (Å²) in [5.74, 6) is -0.317. The van der Waals surface area contributed by atoms with E-state index in [0.717, 1.165) is 5.56 Å². The molecule has 5 heteroatoms. The van der Waals surface area contributed by atoms with Crippen LogP contribution < -0.4 is 0 Å². The van der Waals surface area contributed by atoms with E-state index in [1.165, 1.54) is 23.9 Å². The second-order valence-electron chi connectivity index (χ2n) is 3.12. The number of halogens is 2. The molecule has 1 aromatic heterocycles. The molecule has 0 atom stereocenters. The van der Waals surface area contributed by atoms with E-state index < -0.39 is 0 Å². The number of hydrogen-bond acceptors (Lipinski definition) is 3. The lowest BCUT2D eigenvalue weighted by Gasteiger charge is -2.05. The van der Waals surface area contributed by atoms with Gasteiger partial charge >= 0.3 is 0 Å². The van der Waals surface area contributed by atoms with Gasteiger partial charge in [-0.15, -0.1) is 0 Å². The number of aryl methyl sites for hydroxylation is 1. The molecule has 0 saturated heterocycles. The normalized spacial score (nSPS) is 10.9. The first-order valence-corrected chi connectivity index (χ1v) is 5.89. The maximum atomic E-state index is 13.1. The van der Waals surface area contributed by atoms with Crippen molar-refractivity contribution < 1.29 is 4.39 Å². The van der Waals surface area contributed by atoms with Crippen molar-refractivity contribution in [2.45, 2.75) is 12.1 Å². The largest absolute Gasteiger partial charge is 0.222 e. The van der Waals surface area contributed by atoms with Crippen LogP contribution in [0.3, 0.4) is 0 Å². The second kappa shape index (κ2) is 3.94. The number of hydrogen-bond donors (Lipinski definition) is 0. The zero-order chi connectivity index (χ0) is 11.0. The van der Waals surface area contributed by atoms with Gasteiger partial charge in [-0.2, -0.15) is 0 Å². The Morgan fingerprint density at radius 1 is 1.33 bits per heavy atom. The molecule has 0 amide bonds. The van der Waals surface area contributed by atoms with Crippen LogP contribution in [-0.4, -0.2) is 16.2 Å². The van der Waals surface area contributed by atoms with E-state index in [1.807, 2.05) is 6.26 Å². The molecule has 2 aromatic rings. The molecule has 78 valence electrons. The number of thioether (sulfide) groups is 1. The van der Waals surface area contributed by atoms with Crippen molar-refractivity contribution in [1.82, 2.24) is 9.97 Å². The van der Waals surface area contributed by atoms with Crippen molar-refractivity contribution in [1.29, 1.82) is 0 Å². The van der Waals surface area contributed by atoms with E-state index in [4.69, 9.17) is 11.6 Å². The molecule has 0 radical (unpaired) electrons. The first-order valence-electron chi connectivity index (χ1n) is 4.29. The zero-order valence-electron chi connectivity index (χ0n) is 8.21. The number of aromatic nitrogens is 2. The fourth-order valence-corrected chi connectivity index (χ4v) is 2.04. The maximum Gasteiger partial charge on any atom is 0.189 e. The summed E-state index contributed by atoms with van der Waals surface area (Å²) in [6.45, 7) is 1.80. The molecule has 0 aliphatic heterocycles. The minimum Gasteiger partial charge on any atom is -0.222 e. The van der Waals surface area contributed by atoms with E-state index >= 15 is 0 Å². The van der Waals surface area contributed by atoms with Crippen LogP contribution in [0.1, 0.15) is 5.56 Å². The van der Waals surface area contributed by atoms with E-state index in [1.54, 1.807) is 6.92 Å². The van der Waals surface area contributed by atoms with Crippen LogP contribution in [0.25, 0.3) is 10.9 Å². The van der Waals surface area contributed by atoms with Crippen molar-refractivity contribution in [3.63, 3.8) is 0 Å². The topological polar surface area (TPSA) is 25.8 Å². The molecule has 0 aliphatic carbocycles. The molecule has 2 rings (SSSR count). The third kappa shape index (κ3) is 1.92. The van der Waals surface area contributed by atoms with Gasteiger partial charge in [-0.1, -0.05) is 23.4 Å². The standard InChI is InChI=1S/C10H8ClFN2S/c1-5-3-6(12)4-7-8(5)13-10(15-2)14-9(7)11/h3-4H,1-2H3. The highest BCUT2D eigenvalue weighted by atomic mass is 35.5.